The summed E-state index contributed by atoms with van der Waals surface area (Å²) in [7, 11) is 1.89. The SMILES string of the molecule is Cc1cc(=O)[nH]cc1NC(=O)[C@H]1CCO[C@@H]1c1c(C)nn(C)c1C. The number of nitrogens with zero attached hydrogens (tertiary/aromatic N) is 2. The zero-order valence-corrected chi connectivity index (χ0v) is 14.3. The van der Waals surface area contributed by atoms with E-state index in [-0.39, 0.29) is 23.5 Å². The molecule has 0 radical (unpaired) electrons. The van der Waals surface area contributed by atoms with Gasteiger partial charge in [0.05, 0.1) is 23.4 Å². The lowest BCUT2D eigenvalue weighted by molar-refractivity contribution is -0.121. The van der Waals surface area contributed by atoms with E-state index in [4.69, 9.17) is 4.74 Å². The van der Waals surface area contributed by atoms with E-state index in [2.05, 4.69) is 15.4 Å². The number of H-pyrrole nitrogens is 1. The van der Waals surface area contributed by atoms with Gasteiger partial charge in [0, 0.05) is 37.2 Å². The predicted molar refractivity (Wildman–Crippen MR) is 89.9 cm³/mol. The van der Waals surface area contributed by atoms with Crippen LogP contribution in [0.4, 0.5) is 5.69 Å². The summed E-state index contributed by atoms with van der Waals surface area (Å²) in [6.07, 6.45) is 1.90. The fraction of sp³-hybridized carbons (Fsp3) is 0.471. The molecule has 1 aliphatic heterocycles. The number of pyridine rings is 1. The normalized spacial score (nSPS) is 20.3. The lowest BCUT2D eigenvalue weighted by Gasteiger charge is -2.19. The average molecular weight is 330 g/mol. The maximum absolute atomic E-state index is 12.8. The van der Waals surface area contributed by atoms with Crippen LogP contribution in [0.15, 0.2) is 17.1 Å². The molecule has 3 rings (SSSR count). The molecule has 0 saturated carbocycles. The van der Waals surface area contributed by atoms with Crippen LogP contribution in [0, 0.1) is 26.7 Å². The third-order valence-electron chi connectivity index (χ3n) is 4.67. The molecular weight excluding hydrogens is 308 g/mol. The van der Waals surface area contributed by atoms with Crippen LogP contribution >= 0.6 is 0 Å². The van der Waals surface area contributed by atoms with Crippen LogP contribution in [0.25, 0.3) is 0 Å². The molecule has 0 aliphatic carbocycles. The maximum atomic E-state index is 12.8. The number of aryl methyl sites for hydroxylation is 3. The fourth-order valence-electron chi connectivity index (χ4n) is 3.28. The second-order valence-corrected chi connectivity index (χ2v) is 6.28. The smallest absolute Gasteiger partial charge is 0.248 e. The van der Waals surface area contributed by atoms with Gasteiger partial charge in [0.2, 0.25) is 11.5 Å². The number of carbonyl (C=O) groups excluding carboxylic acids is 1. The summed E-state index contributed by atoms with van der Waals surface area (Å²) >= 11 is 0. The van der Waals surface area contributed by atoms with Crippen molar-refractivity contribution in [2.75, 3.05) is 11.9 Å². The standard InChI is InChI=1S/C17H22N4O3/c1-9-7-14(22)18-8-13(9)19-17(23)12-5-6-24-16(12)15-10(2)20-21(4)11(15)3/h7-8,12,16H,5-6H2,1-4H3,(H,18,22)(H,19,23)/t12-,16-/m0/s1. The molecule has 0 unspecified atom stereocenters. The van der Waals surface area contributed by atoms with Gasteiger partial charge >= 0.3 is 0 Å². The first kappa shape index (κ1) is 16.4. The van der Waals surface area contributed by atoms with Gasteiger partial charge in [-0.1, -0.05) is 0 Å². The molecule has 1 fully saturated rings. The number of hydrogen-bond acceptors (Lipinski definition) is 4. The van der Waals surface area contributed by atoms with Crippen molar-refractivity contribution < 1.29 is 9.53 Å². The lowest BCUT2D eigenvalue weighted by atomic mass is 9.93. The van der Waals surface area contributed by atoms with Gasteiger partial charge in [-0.2, -0.15) is 5.10 Å². The van der Waals surface area contributed by atoms with Gasteiger partial charge in [0.1, 0.15) is 0 Å². The summed E-state index contributed by atoms with van der Waals surface area (Å²) in [5.74, 6) is -0.381. The fourth-order valence-corrected chi connectivity index (χ4v) is 3.28. The van der Waals surface area contributed by atoms with E-state index in [9.17, 15) is 9.59 Å². The predicted octanol–water partition coefficient (Wildman–Crippen LogP) is 1.75. The molecule has 3 heterocycles. The molecule has 0 aromatic carbocycles. The van der Waals surface area contributed by atoms with Crippen molar-refractivity contribution in [2.45, 2.75) is 33.3 Å². The van der Waals surface area contributed by atoms with E-state index in [0.29, 0.717) is 18.7 Å². The minimum Gasteiger partial charge on any atom is -0.373 e. The molecule has 1 saturated heterocycles. The molecule has 0 spiro atoms. The van der Waals surface area contributed by atoms with Crippen molar-refractivity contribution in [3.63, 3.8) is 0 Å². The van der Waals surface area contributed by atoms with Crippen molar-refractivity contribution in [1.82, 2.24) is 14.8 Å². The zero-order chi connectivity index (χ0) is 17.4. The Hall–Kier alpha value is -2.41. The van der Waals surface area contributed by atoms with Crippen LogP contribution in [0.1, 0.15) is 35.0 Å². The monoisotopic (exact) mass is 330 g/mol. The first-order chi connectivity index (χ1) is 11.4. The summed E-state index contributed by atoms with van der Waals surface area (Å²) in [5.41, 5.74) is 4.06. The number of ether oxygens (including phenoxy) is 1. The highest BCUT2D eigenvalue weighted by Crippen LogP contribution is 2.38. The Morgan fingerprint density at radius 2 is 2.17 bits per heavy atom. The Morgan fingerprint density at radius 3 is 2.79 bits per heavy atom. The van der Waals surface area contributed by atoms with Gasteiger partial charge in [-0.25, -0.2) is 0 Å². The molecule has 2 aromatic heterocycles. The Bertz CT molecular complexity index is 837. The van der Waals surface area contributed by atoms with Crippen LogP contribution in [-0.4, -0.2) is 27.3 Å². The van der Waals surface area contributed by atoms with Crippen molar-refractivity contribution >= 4 is 11.6 Å². The Balaban J connectivity index is 1.85. The molecule has 24 heavy (non-hydrogen) atoms. The highest BCUT2D eigenvalue weighted by atomic mass is 16.5. The number of anilines is 1. The minimum atomic E-state index is -0.290. The maximum Gasteiger partial charge on any atom is 0.248 e. The number of nitrogens with one attached hydrogen (secondary N) is 2. The van der Waals surface area contributed by atoms with Gasteiger partial charge < -0.3 is 15.0 Å². The number of amides is 1. The summed E-state index contributed by atoms with van der Waals surface area (Å²) in [6.45, 7) is 6.26. The van der Waals surface area contributed by atoms with E-state index in [1.54, 1.807) is 6.92 Å². The second kappa shape index (κ2) is 6.24. The molecule has 0 bridgehead atoms. The summed E-state index contributed by atoms with van der Waals surface area (Å²) in [4.78, 5) is 26.6. The molecule has 2 atom stereocenters. The second-order valence-electron chi connectivity index (χ2n) is 6.28. The van der Waals surface area contributed by atoms with Gasteiger partial charge in [0.15, 0.2) is 0 Å². The van der Waals surface area contributed by atoms with Gasteiger partial charge in [-0.3, -0.25) is 14.3 Å². The van der Waals surface area contributed by atoms with E-state index < -0.39 is 0 Å². The van der Waals surface area contributed by atoms with Crippen molar-refractivity contribution in [3.05, 3.63) is 45.1 Å². The first-order valence-electron chi connectivity index (χ1n) is 8.00. The quantitative estimate of drug-likeness (QED) is 0.897. The number of aromatic amines is 1. The minimum absolute atomic E-state index is 0.102. The van der Waals surface area contributed by atoms with Crippen LogP contribution < -0.4 is 10.9 Å². The van der Waals surface area contributed by atoms with E-state index >= 15 is 0 Å². The van der Waals surface area contributed by atoms with Gasteiger partial charge in [-0.05, 0) is 32.8 Å². The Kier molecular flexibility index (Phi) is 4.28. The van der Waals surface area contributed by atoms with Crippen LogP contribution in [0.2, 0.25) is 0 Å². The molecule has 128 valence electrons. The number of carbonyl (C=O) groups is 1. The molecular formula is C17H22N4O3. The van der Waals surface area contributed by atoms with E-state index in [1.807, 2.05) is 25.6 Å². The topological polar surface area (TPSA) is 89.0 Å². The molecule has 2 aromatic rings. The van der Waals surface area contributed by atoms with Crippen LogP contribution in [0.5, 0.6) is 0 Å². The molecule has 2 N–H and O–H groups in total. The van der Waals surface area contributed by atoms with Crippen molar-refractivity contribution in [3.8, 4) is 0 Å². The van der Waals surface area contributed by atoms with E-state index in [0.717, 1.165) is 22.5 Å². The average Bonchev–Trinajstić information content (AvgIpc) is 3.07. The van der Waals surface area contributed by atoms with Crippen molar-refractivity contribution in [2.24, 2.45) is 13.0 Å². The number of hydrogen-bond donors (Lipinski definition) is 2. The molecule has 1 aliphatic rings. The summed E-state index contributed by atoms with van der Waals surface area (Å²) in [5, 5.41) is 7.33. The van der Waals surface area contributed by atoms with Crippen LogP contribution in [0.3, 0.4) is 0 Å². The first-order valence-corrected chi connectivity index (χ1v) is 8.00. The largest absolute Gasteiger partial charge is 0.373 e. The van der Waals surface area contributed by atoms with Gasteiger partial charge in [0.25, 0.3) is 0 Å². The molecule has 7 heteroatoms. The zero-order valence-electron chi connectivity index (χ0n) is 14.3. The highest BCUT2D eigenvalue weighted by molar-refractivity contribution is 5.93. The third kappa shape index (κ3) is 2.87. The summed E-state index contributed by atoms with van der Waals surface area (Å²) < 4.78 is 7.68. The number of aromatic nitrogens is 3. The van der Waals surface area contributed by atoms with E-state index in [1.165, 1.54) is 12.3 Å². The summed E-state index contributed by atoms with van der Waals surface area (Å²) in [6, 6.07) is 1.47. The number of rotatable bonds is 3. The van der Waals surface area contributed by atoms with Gasteiger partial charge in [-0.15, -0.1) is 0 Å². The lowest BCUT2D eigenvalue weighted by Crippen LogP contribution is -2.26. The molecule has 7 nitrogen and oxygen atoms in total. The van der Waals surface area contributed by atoms with Crippen LogP contribution in [-0.2, 0) is 16.6 Å². The molecule has 1 amide bonds. The Morgan fingerprint density at radius 1 is 1.42 bits per heavy atom. The van der Waals surface area contributed by atoms with Crippen molar-refractivity contribution in [1.29, 1.82) is 0 Å². The highest BCUT2D eigenvalue weighted by Gasteiger charge is 2.38. The third-order valence-corrected chi connectivity index (χ3v) is 4.67. The Labute approximate surface area is 140 Å².